The van der Waals surface area contributed by atoms with E-state index < -0.39 is 11.1 Å². The van der Waals surface area contributed by atoms with Gasteiger partial charge in [-0.2, -0.15) is 0 Å². The molecule has 1 aromatic heterocycles. The number of para-hydroxylation sites is 1. The maximum Gasteiger partial charge on any atom is 0.414 e. The fourth-order valence-corrected chi connectivity index (χ4v) is 12.0. The van der Waals surface area contributed by atoms with Gasteiger partial charge < -0.3 is 39.4 Å². The maximum absolute atomic E-state index is 12.6. The molecule has 5 aromatic rings. The van der Waals surface area contributed by atoms with Crippen molar-refractivity contribution in [2.45, 2.75) is 106 Å². The molecule has 8 atom stereocenters. The van der Waals surface area contributed by atoms with Crippen LogP contribution in [0.15, 0.2) is 103 Å². The molecule has 4 aliphatic heterocycles. The van der Waals surface area contributed by atoms with E-state index in [1.807, 2.05) is 98.0 Å². The Labute approximate surface area is 449 Å². The van der Waals surface area contributed by atoms with E-state index in [1.165, 1.54) is 11.3 Å². The van der Waals surface area contributed by atoms with Gasteiger partial charge in [-0.1, -0.05) is 85.5 Å². The summed E-state index contributed by atoms with van der Waals surface area (Å²) in [7, 11) is 17.2. The number of piperidine rings is 4. The number of fused-ring (bicyclic) bond motifs is 2. The number of esters is 1. The number of nitrogens with zero attached hydrogens (tertiary/aromatic N) is 4. The fourth-order valence-electron chi connectivity index (χ4n) is 11.7. The van der Waals surface area contributed by atoms with E-state index in [0.29, 0.717) is 57.6 Å². The molecule has 0 radical (unpaired) electrons. The molecule has 6 aliphatic rings. The van der Waals surface area contributed by atoms with Crippen molar-refractivity contribution < 1.29 is 38.5 Å². The molecule has 75 heavy (non-hydrogen) atoms. The van der Waals surface area contributed by atoms with Crippen molar-refractivity contribution in [1.82, 2.24) is 29.5 Å². The summed E-state index contributed by atoms with van der Waals surface area (Å²) in [4.78, 5) is 57.1. The Morgan fingerprint density at radius 3 is 2.17 bits per heavy atom. The quantitative estimate of drug-likeness (QED) is 0.0905. The molecular formula is C60H80ClN6O8+. The third-order valence-electron chi connectivity index (χ3n) is 15.8. The van der Waals surface area contributed by atoms with Gasteiger partial charge in [0.15, 0.2) is 5.78 Å². The number of hydrogen-bond acceptors (Lipinski definition) is 11. The molecule has 3 N–H and O–H groups in total. The molecule has 1 amide bonds. The Bertz CT molecular complexity index is 2740. The van der Waals surface area contributed by atoms with E-state index in [4.69, 9.17) is 25.8 Å². The van der Waals surface area contributed by atoms with Gasteiger partial charge in [-0.25, -0.2) is 9.59 Å². The van der Waals surface area contributed by atoms with E-state index in [2.05, 4.69) is 55.3 Å². The summed E-state index contributed by atoms with van der Waals surface area (Å²) in [5, 5.41) is 16.0. The molecule has 2 saturated carbocycles. The molecule has 4 bridgehead atoms. The highest BCUT2D eigenvalue weighted by Crippen LogP contribution is 2.44. The highest BCUT2D eigenvalue weighted by molar-refractivity contribution is 6.31. The Kier molecular flexibility index (Phi) is 19.1. The van der Waals surface area contributed by atoms with Gasteiger partial charge in [-0.3, -0.25) is 19.0 Å². The van der Waals surface area contributed by atoms with Crippen LogP contribution in [0.2, 0.25) is 5.02 Å². The number of amides is 1. The van der Waals surface area contributed by atoms with Gasteiger partial charge in [0.2, 0.25) is 0 Å². The molecule has 0 spiro atoms. The molecule has 11 rings (SSSR count). The van der Waals surface area contributed by atoms with Gasteiger partial charge in [-0.15, -0.1) is 0 Å². The average Bonchev–Trinajstić information content (AvgIpc) is 3.83. The van der Waals surface area contributed by atoms with Crippen molar-refractivity contribution in [3.05, 3.63) is 125 Å². The van der Waals surface area contributed by atoms with Gasteiger partial charge in [0, 0.05) is 92.0 Å². The molecule has 14 nitrogen and oxygen atoms in total. The minimum absolute atomic E-state index is 0.0356. The molecule has 404 valence electrons. The van der Waals surface area contributed by atoms with Crippen molar-refractivity contribution in [3.8, 4) is 11.5 Å². The van der Waals surface area contributed by atoms with Crippen LogP contribution in [-0.4, -0.2) is 143 Å². The van der Waals surface area contributed by atoms with Gasteiger partial charge in [0.05, 0.1) is 46.0 Å². The lowest BCUT2D eigenvalue weighted by Gasteiger charge is -2.54. The number of carbonyl (C=O) groups excluding carboxylic acids is 4. The summed E-state index contributed by atoms with van der Waals surface area (Å²) in [5.74, 6) is 2.35. The second-order valence-corrected chi connectivity index (χ2v) is 22.7. The number of H-pyrrole nitrogens is 1. The summed E-state index contributed by atoms with van der Waals surface area (Å²) in [5.41, 5.74) is 3.30. The zero-order valence-electron chi connectivity index (χ0n) is 45.6. The third kappa shape index (κ3) is 13.7. The number of aromatic nitrogens is 1. The normalized spacial score (nSPS) is 25.9. The van der Waals surface area contributed by atoms with Crippen LogP contribution in [0, 0.1) is 11.8 Å². The first-order valence-electron chi connectivity index (χ1n) is 26.6. The standard InChI is InChI=1S/C19H20N2O3.C16H25NO2.C13H16ClNO.C12H19N2O2/c22-18-10-21-12-5-11(18)6-13(21)8-14(7-12)24-19(23)16-9-20-17-4-2-1-3-15(16)17;1-17(2)12-14-7-4-5-10-16(14,18)13-8-6-9-15(11-13)19-3;1-15-13(9-5-4-8-12(13)16)10-6-2-3-7-11(10)14;1-13(2)12(15)16-11-8-6-7-10(9-11)14(3,4)5/h1-4,9,11-14,20H,5-8,10H2;6,8-9,11,14,18H,4-5,7,10,12H2,1-3H3;2-3,6-7,15H,4-5,8-9H2,1H3;6-9H,1-5H3/q;;;+1/t11?,12-,13+,14?;14-,16+;;/m.1../s1. The average molecular weight is 1050 g/mol. The van der Waals surface area contributed by atoms with Gasteiger partial charge >= 0.3 is 12.1 Å². The van der Waals surface area contributed by atoms with Crippen LogP contribution in [0.5, 0.6) is 11.5 Å². The Hall–Kier alpha value is -5.61. The van der Waals surface area contributed by atoms with E-state index in [1.54, 1.807) is 33.5 Å². The number of nitrogens with one attached hydrogen (secondary N) is 2. The number of ether oxygens (including phenoxy) is 3. The fraction of sp³-hybridized carbons (Fsp3) is 0.500. The smallest absolute Gasteiger partial charge is 0.414 e. The molecule has 2 aliphatic carbocycles. The summed E-state index contributed by atoms with van der Waals surface area (Å²) in [6, 6.07) is 31.6. The van der Waals surface area contributed by atoms with E-state index in [0.717, 1.165) is 104 Å². The summed E-state index contributed by atoms with van der Waals surface area (Å²) < 4.78 is 17.0. The molecule has 4 saturated heterocycles. The predicted octanol–water partition coefficient (Wildman–Crippen LogP) is 10.00. The van der Waals surface area contributed by atoms with Gasteiger partial charge in [0.25, 0.3) is 0 Å². The summed E-state index contributed by atoms with van der Waals surface area (Å²) >= 11 is 6.20. The number of methoxy groups -OCH3 is 1. The minimum Gasteiger partial charge on any atom is -0.497 e. The highest BCUT2D eigenvalue weighted by Gasteiger charge is 2.49. The highest BCUT2D eigenvalue weighted by atomic mass is 35.5. The predicted molar refractivity (Wildman–Crippen MR) is 298 cm³/mol. The second kappa shape index (κ2) is 25.0. The number of carbonyl (C=O) groups is 4. The lowest BCUT2D eigenvalue weighted by Crippen LogP contribution is -2.63. The largest absolute Gasteiger partial charge is 0.497 e. The molecule has 4 unspecified atom stereocenters. The second-order valence-electron chi connectivity index (χ2n) is 22.3. The topological polar surface area (TPSA) is 154 Å². The van der Waals surface area contributed by atoms with Gasteiger partial charge in [-0.05, 0) is 107 Å². The van der Waals surface area contributed by atoms with E-state index >= 15 is 0 Å². The number of benzene rings is 4. The monoisotopic (exact) mass is 1050 g/mol. The number of hydrogen-bond donors (Lipinski definition) is 3. The summed E-state index contributed by atoms with van der Waals surface area (Å²) in [6.45, 7) is 1.52. The number of rotatable bonds is 10. The molecule has 6 fully saturated rings. The van der Waals surface area contributed by atoms with Crippen LogP contribution >= 0.6 is 11.6 Å². The SMILES string of the molecule is CN(C)C(=O)Oc1cccc([N+](C)(C)C)c1.CNC1(c2ccccc2Cl)CCCCC1=O.COc1cccc([C@@]2(O)CCCC[C@@H]2CN(C)C)c1.O=C(OC1C[C@@H]2CC3C[C@H](C1)N2CC3=O)c1c[nH]c2ccccc12. The zero-order valence-corrected chi connectivity index (χ0v) is 46.3. The first-order chi connectivity index (χ1) is 35.8. The Morgan fingerprint density at radius 1 is 0.840 bits per heavy atom. The number of likely N-dealkylation sites (N-methyl/N-ethyl adjacent to an activating group) is 1. The van der Waals surface area contributed by atoms with Gasteiger partial charge in [0.1, 0.15) is 34.6 Å². The van der Waals surface area contributed by atoms with Crippen molar-refractivity contribution in [2.24, 2.45) is 11.8 Å². The van der Waals surface area contributed by atoms with Crippen LogP contribution in [0.25, 0.3) is 10.9 Å². The first kappa shape index (κ1) is 57.1. The molecule has 5 heterocycles. The van der Waals surface area contributed by atoms with Crippen molar-refractivity contribution in [3.63, 3.8) is 0 Å². The van der Waals surface area contributed by atoms with Crippen LogP contribution in [0.1, 0.15) is 98.5 Å². The number of aliphatic hydroxyl groups is 1. The van der Waals surface area contributed by atoms with Crippen molar-refractivity contribution in [1.29, 1.82) is 0 Å². The third-order valence-corrected chi connectivity index (χ3v) is 16.1. The Morgan fingerprint density at radius 2 is 1.52 bits per heavy atom. The van der Waals surface area contributed by atoms with E-state index in [9.17, 15) is 24.3 Å². The molecule has 15 heteroatoms. The molecular weight excluding hydrogens is 968 g/mol. The summed E-state index contributed by atoms with van der Waals surface area (Å²) in [6.07, 6.45) is 12.7. The van der Waals surface area contributed by atoms with Crippen molar-refractivity contribution in [2.75, 3.05) is 76.6 Å². The number of Topliss-reactive ketones (excluding diaryl/α,β-unsaturated/α-hetero) is 2. The first-order valence-corrected chi connectivity index (χ1v) is 27.0. The van der Waals surface area contributed by atoms with E-state index in [-0.39, 0.29) is 29.9 Å². The number of halogens is 1. The number of ketones is 2. The van der Waals surface area contributed by atoms with Crippen LogP contribution in [-0.2, 0) is 25.5 Å². The van der Waals surface area contributed by atoms with Crippen molar-refractivity contribution >= 4 is 51.8 Å². The molecule has 4 aromatic carbocycles. The zero-order chi connectivity index (χ0) is 54.1. The minimum atomic E-state index is -0.711. The maximum atomic E-state index is 12.6. The lowest BCUT2D eigenvalue weighted by atomic mass is 9.71. The number of quaternary nitrogens is 1. The Balaban J connectivity index is 0.000000148. The van der Waals surface area contributed by atoms with Crippen LogP contribution < -0.4 is 19.3 Å². The number of aromatic amines is 1. The lowest BCUT2D eigenvalue weighted by molar-refractivity contribution is -0.145. The van der Waals surface area contributed by atoms with Crippen LogP contribution in [0.3, 0.4) is 0 Å². The van der Waals surface area contributed by atoms with Crippen LogP contribution in [0.4, 0.5) is 10.5 Å².